The maximum Gasteiger partial charge on any atom is 0.336 e. The van der Waals surface area contributed by atoms with Gasteiger partial charge in [-0.25, -0.2) is 4.79 Å². The van der Waals surface area contributed by atoms with Crippen LogP contribution in [0.1, 0.15) is 46.3 Å². The molecule has 0 radical (unpaired) electrons. The summed E-state index contributed by atoms with van der Waals surface area (Å²) in [5.74, 6) is -2.84. The summed E-state index contributed by atoms with van der Waals surface area (Å²) in [7, 11) is 0. The van der Waals surface area contributed by atoms with Gasteiger partial charge in [0.1, 0.15) is 22.5 Å². The van der Waals surface area contributed by atoms with E-state index in [0.29, 0.717) is 16.5 Å². The van der Waals surface area contributed by atoms with Crippen molar-refractivity contribution in [3.05, 3.63) is 79.5 Å². The van der Waals surface area contributed by atoms with E-state index in [0.717, 1.165) is 0 Å². The molecule has 1 aliphatic rings. The molecule has 5 rings (SSSR count). The van der Waals surface area contributed by atoms with Gasteiger partial charge in [-0.3, -0.25) is 14.4 Å². The van der Waals surface area contributed by atoms with E-state index in [2.05, 4.69) is 0 Å². The molecule has 3 heterocycles. The SMILES string of the molecule is CC(=O)c1c2c(c3oc(=O)cc(C)c3c1O)[C@@H](c1coc3ccccc3c1=O)CC(=O)O2. The number of carbonyl (C=O) groups excluding carboxylic acids is 2. The predicted molar refractivity (Wildman–Crippen MR) is 113 cm³/mol. The Balaban J connectivity index is 1.95. The summed E-state index contributed by atoms with van der Waals surface area (Å²) in [6.07, 6.45) is 1.02. The predicted octanol–water partition coefficient (Wildman–Crippen LogP) is 3.56. The lowest BCUT2D eigenvalue weighted by molar-refractivity contribution is -0.135. The third-order valence-corrected chi connectivity index (χ3v) is 5.72. The van der Waals surface area contributed by atoms with Gasteiger partial charge in [0.25, 0.3) is 0 Å². The highest BCUT2D eigenvalue weighted by Gasteiger charge is 2.38. The summed E-state index contributed by atoms with van der Waals surface area (Å²) in [5, 5.41) is 11.3. The summed E-state index contributed by atoms with van der Waals surface area (Å²) in [5.41, 5.74) is -0.239. The Hall–Kier alpha value is -4.20. The number of benzene rings is 2. The molecule has 2 aromatic heterocycles. The van der Waals surface area contributed by atoms with Gasteiger partial charge in [-0.05, 0) is 31.5 Å². The van der Waals surface area contributed by atoms with E-state index >= 15 is 0 Å². The number of phenolic OH excluding ortho intramolecular Hbond substituents is 1. The standard InChI is InChI=1S/C24H16O8/c1-10-7-16(26)31-23-18(10)22(29)19(11(2)25)24-20(23)13(8-17(27)32-24)14-9-30-15-6-4-3-5-12(15)21(14)28/h3-7,9,13,29H,8H2,1-2H3/t13-/m1/s1. The lowest BCUT2D eigenvalue weighted by atomic mass is 9.83. The summed E-state index contributed by atoms with van der Waals surface area (Å²) in [6.45, 7) is 2.81. The lowest BCUT2D eigenvalue weighted by Crippen LogP contribution is -2.26. The molecule has 160 valence electrons. The van der Waals surface area contributed by atoms with Crippen LogP contribution < -0.4 is 15.8 Å². The third-order valence-electron chi connectivity index (χ3n) is 5.72. The van der Waals surface area contributed by atoms with Gasteiger partial charge in [0.2, 0.25) is 0 Å². The molecule has 1 N–H and O–H groups in total. The number of carbonyl (C=O) groups is 2. The largest absolute Gasteiger partial charge is 0.506 e. The normalized spacial score (nSPS) is 15.6. The molecule has 0 bridgehead atoms. The minimum Gasteiger partial charge on any atom is -0.506 e. The molecule has 0 spiro atoms. The molecular weight excluding hydrogens is 416 g/mol. The van der Waals surface area contributed by atoms with Crippen molar-refractivity contribution in [2.45, 2.75) is 26.2 Å². The number of Topliss-reactive ketones (excluding diaryl/α,β-unsaturated/α-hetero) is 1. The number of fused-ring (bicyclic) bond motifs is 4. The smallest absolute Gasteiger partial charge is 0.336 e. The Bertz CT molecular complexity index is 1590. The van der Waals surface area contributed by atoms with Crippen LogP contribution in [-0.4, -0.2) is 16.9 Å². The van der Waals surface area contributed by atoms with E-state index in [4.69, 9.17) is 13.6 Å². The molecule has 2 aromatic carbocycles. The minimum atomic E-state index is -0.918. The number of hydrogen-bond donors (Lipinski definition) is 1. The average molecular weight is 432 g/mol. The van der Waals surface area contributed by atoms with E-state index in [1.807, 2.05) is 0 Å². The average Bonchev–Trinajstić information content (AvgIpc) is 2.72. The Morgan fingerprint density at radius 3 is 2.66 bits per heavy atom. The molecule has 0 aliphatic carbocycles. The van der Waals surface area contributed by atoms with Crippen molar-refractivity contribution in [1.29, 1.82) is 0 Å². The van der Waals surface area contributed by atoms with E-state index in [1.165, 1.54) is 19.3 Å². The van der Waals surface area contributed by atoms with Gasteiger partial charge < -0.3 is 18.7 Å². The minimum absolute atomic E-state index is 0.0439. The first-order valence-electron chi connectivity index (χ1n) is 9.83. The van der Waals surface area contributed by atoms with Gasteiger partial charge in [0.15, 0.2) is 17.0 Å². The van der Waals surface area contributed by atoms with E-state index in [9.17, 15) is 24.3 Å². The second kappa shape index (κ2) is 6.91. The number of ketones is 1. The second-order valence-electron chi connectivity index (χ2n) is 7.72. The number of ether oxygens (including phenoxy) is 1. The molecular formula is C24H16O8. The highest BCUT2D eigenvalue weighted by molar-refractivity contribution is 6.09. The van der Waals surface area contributed by atoms with E-state index < -0.39 is 29.0 Å². The number of hydrogen-bond acceptors (Lipinski definition) is 8. The topological polar surface area (TPSA) is 124 Å². The summed E-state index contributed by atoms with van der Waals surface area (Å²) in [6, 6.07) is 7.85. The van der Waals surface area contributed by atoms with Crippen LogP contribution in [0.15, 0.2) is 55.0 Å². The van der Waals surface area contributed by atoms with Crippen LogP contribution in [0.5, 0.6) is 11.5 Å². The number of para-hydroxylation sites is 1. The Morgan fingerprint density at radius 2 is 1.91 bits per heavy atom. The highest BCUT2D eigenvalue weighted by atomic mass is 16.5. The highest BCUT2D eigenvalue weighted by Crippen LogP contribution is 2.49. The van der Waals surface area contributed by atoms with Crippen molar-refractivity contribution < 1.29 is 28.3 Å². The third kappa shape index (κ3) is 2.76. The van der Waals surface area contributed by atoms with Gasteiger partial charge >= 0.3 is 11.6 Å². The Kier molecular flexibility index (Phi) is 4.27. The Labute approximate surface area is 179 Å². The number of aryl methyl sites for hydroxylation is 1. The molecule has 0 unspecified atom stereocenters. The zero-order valence-corrected chi connectivity index (χ0v) is 17.1. The van der Waals surface area contributed by atoms with Crippen molar-refractivity contribution in [2.24, 2.45) is 0 Å². The molecule has 1 aliphatic heterocycles. The van der Waals surface area contributed by atoms with Gasteiger partial charge in [-0.15, -0.1) is 0 Å². The van der Waals surface area contributed by atoms with Crippen molar-refractivity contribution in [3.8, 4) is 11.5 Å². The zero-order valence-electron chi connectivity index (χ0n) is 17.1. The van der Waals surface area contributed by atoms with Crippen molar-refractivity contribution in [3.63, 3.8) is 0 Å². The monoisotopic (exact) mass is 432 g/mol. The number of rotatable bonds is 2. The number of aromatic hydroxyl groups is 1. The van der Waals surface area contributed by atoms with Gasteiger partial charge in [-0.1, -0.05) is 12.1 Å². The van der Waals surface area contributed by atoms with Crippen LogP contribution in [0.3, 0.4) is 0 Å². The molecule has 8 heteroatoms. The van der Waals surface area contributed by atoms with Gasteiger partial charge in [-0.2, -0.15) is 0 Å². The molecule has 32 heavy (non-hydrogen) atoms. The fourth-order valence-electron chi connectivity index (χ4n) is 4.34. The van der Waals surface area contributed by atoms with Gasteiger partial charge in [0, 0.05) is 23.1 Å². The maximum atomic E-state index is 13.3. The van der Waals surface area contributed by atoms with Crippen molar-refractivity contribution in [1.82, 2.24) is 0 Å². The van der Waals surface area contributed by atoms with Crippen LogP contribution in [0, 0.1) is 6.92 Å². The number of esters is 1. The van der Waals surface area contributed by atoms with Crippen molar-refractivity contribution >= 4 is 33.7 Å². The molecule has 0 fully saturated rings. The van der Waals surface area contributed by atoms with Crippen LogP contribution in [0.2, 0.25) is 0 Å². The molecule has 4 aromatic rings. The first kappa shape index (κ1) is 19.7. The van der Waals surface area contributed by atoms with Crippen molar-refractivity contribution in [2.75, 3.05) is 0 Å². The molecule has 0 saturated heterocycles. The molecule has 0 amide bonds. The first-order valence-corrected chi connectivity index (χ1v) is 9.83. The molecule has 1 atom stereocenters. The second-order valence-corrected chi connectivity index (χ2v) is 7.72. The van der Waals surface area contributed by atoms with Gasteiger partial charge in [0.05, 0.1) is 23.5 Å². The summed E-state index contributed by atoms with van der Waals surface area (Å²) in [4.78, 5) is 50.4. The van der Waals surface area contributed by atoms with Crippen LogP contribution >= 0.6 is 0 Å². The maximum absolute atomic E-state index is 13.3. The first-order chi connectivity index (χ1) is 15.3. The summed E-state index contributed by atoms with van der Waals surface area (Å²) < 4.78 is 16.4. The zero-order chi connectivity index (χ0) is 22.7. The fourth-order valence-corrected chi connectivity index (χ4v) is 4.34. The fraction of sp³-hybridized carbons (Fsp3) is 0.167. The number of phenols is 1. The van der Waals surface area contributed by atoms with Crippen LogP contribution in [0.4, 0.5) is 0 Å². The van der Waals surface area contributed by atoms with Crippen LogP contribution in [0.25, 0.3) is 21.9 Å². The van der Waals surface area contributed by atoms with Crippen LogP contribution in [-0.2, 0) is 4.79 Å². The molecule has 8 nitrogen and oxygen atoms in total. The van der Waals surface area contributed by atoms with E-state index in [-0.39, 0.29) is 45.3 Å². The Morgan fingerprint density at radius 1 is 1.16 bits per heavy atom. The lowest BCUT2D eigenvalue weighted by Gasteiger charge is -2.27. The van der Waals surface area contributed by atoms with E-state index in [1.54, 1.807) is 31.2 Å². The summed E-state index contributed by atoms with van der Waals surface area (Å²) >= 11 is 0. The quantitative estimate of drug-likeness (QED) is 0.221. The molecule has 0 saturated carbocycles.